The molecule has 0 saturated heterocycles. The Balaban J connectivity index is 2.23. The third-order valence-corrected chi connectivity index (χ3v) is 4.52. The summed E-state index contributed by atoms with van der Waals surface area (Å²) in [4.78, 5) is 0. The molecule has 4 unspecified atom stereocenters. The van der Waals surface area contributed by atoms with E-state index >= 15 is 0 Å². The van der Waals surface area contributed by atoms with E-state index in [4.69, 9.17) is 0 Å². The first-order valence-corrected chi connectivity index (χ1v) is 6.46. The standard InChI is InChI=1S/C15H24/c1-10(2)9-15-12(4)5-7-13-11(3)6-8-14(13)15/h9,11-14H,1,5-8H2,2-4H3. The van der Waals surface area contributed by atoms with Crippen LogP contribution in [0.4, 0.5) is 0 Å². The summed E-state index contributed by atoms with van der Waals surface area (Å²) in [5.41, 5.74) is 2.94. The molecular formula is C15H24. The molecule has 0 heterocycles. The SMILES string of the molecule is C=C(C)C=C1C(C)CCC2C(C)CCC12. The molecule has 2 rings (SSSR count). The Morgan fingerprint density at radius 2 is 1.93 bits per heavy atom. The van der Waals surface area contributed by atoms with Gasteiger partial charge in [0.15, 0.2) is 0 Å². The second kappa shape index (κ2) is 4.15. The molecule has 4 atom stereocenters. The van der Waals surface area contributed by atoms with Crippen LogP contribution in [0.25, 0.3) is 0 Å². The second-order valence-electron chi connectivity index (χ2n) is 5.79. The van der Waals surface area contributed by atoms with Crippen molar-refractivity contribution in [1.82, 2.24) is 0 Å². The highest BCUT2D eigenvalue weighted by molar-refractivity contribution is 5.25. The first kappa shape index (κ1) is 11.0. The van der Waals surface area contributed by atoms with Crippen LogP contribution >= 0.6 is 0 Å². The minimum atomic E-state index is 0.799. The Morgan fingerprint density at radius 1 is 1.20 bits per heavy atom. The van der Waals surface area contributed by atoms with E-state index < -0.39 is 0 Å². The van der Waals surface area contributed by atoms with E-state index in [-0.39, 0.29) is 0 Å². The molecule has 2 aliphatic rings. The molecule has 0 spiro atoms. The lowest BCUT2D eigenvalue weighted by atomic mass is 9.70. The van der Waals surface area contributed by atoms with E-state index in [0.717, 1.165) is 23.7 Å². The number of rotatable bonds is 1. The average molecular weight is 204 g/mol. The molecule has 0 N–H and O–H groups in total. The fourth-order valence-corrected chi connectivity index (χ4v) is 3.68. The van der Waals surface area contributed by atoms with Gasteiger partial charge in [-0.2, -0.15) is 0 Å². The molecule has 0 aromatic heterocycles. The first-order chi connectivity index (χ1) is 7.09. The molecule has 15 heavy (non-hydrogen) atoms. The summed E-state index contributed by atoms with van der Waals surface area (Å²) in [6, 6.07) is 0. The van der Waals surface area contributed by atoms with Gasteiger partial charge in [0.25, 0.3) is 0 Å². The van der Waals surface area contributed by atoms with Crippen molar-refractivity contribution < 1.29 is 0 Å². The number of hydrogen-bond donors (Lipinski definition) is 0. The number of hydrogen-bond acceptors (Lipinski definition) is 0. The van der Waals surface area contributed by atoms with Gasteiger partial charge in [-0.15, -0.1) is 0 Å². The highest BCUT2D eigenvalue weighted by atomic mass is 14.4. The van der Waals surface area contributed by atoms with Gasteiger partial charge in [0.05, 0.1) is 0 Å². The van der Waals surface area contributed by atoms with Gasteiger partial charge in [-0.25, -0.2) is 0 Å². The van der Waals surface area contributed by atoms with E-state index in [1.807, 2.05) is 0 Å². The van der Waals surface area contributed by atoms with Crippen molar-refractivity contribution in [2.45, 2.75) is 46.5 Å². The average Bonchev–Trinajstić information content (AvgIpc) is 2.52. The fourth-order valence-electron chi connectivity index (χ4n) is 3.68. The largest absolute Gasteiger partial charge is 0.0961 e. The Morgan fingerprint density at radius 3 is 2.60 bits per heavy atom. The molecule has 0 aliphatic heterocycles. The van der Waals surface area contributed by atoms with Gasteiger partial charge in [-0.05, 0) is 56.3 Å². The van der Waals surface area contributed by atoms with Gasteiger partial charge < -0.3 is 0 Å². The predicted octanol–water partition coefficient (Wildman–Crippen LogP) is 4.58. The third kappa shape index (κ3) is 2.04. The summed E-state index contributed by atoms with van der Waals surface area (Å²) in [6.45, 7) is 11.0. The minimum Gasteiger partial charge on any atom is -0.0961 e. The molecule has 0 heteroatoms. The van der Waals surface area contributed by atoms with Crippen LogP contribution < -0.4 is 0 Å². The molecule has 0 aromatic rings. The van der Waals surface area contributed by atoms with Crippen LogP contribution in [0.3, 0.4) is 0 Å². The zero-order chi connectivity index (χ0) is 11.0. The molecule has 2 saturated carbocycles. The van der Waals surface area contributed by atoms with Crippen LogP contribution in [0.1, 0.15) is 46.5 Å². The Kier molecular flexibility index (Phi) is 3.04. The van der Waals surface area contributed by atoms with Gasteiger partial charge in [0.1, 0.15) is 0 Å². The van der Waals surface area contributed by atoms with E-state index in [1.165, 1.54) is 31.3 Å². The Labute approximate surface area is 94.5 Å². The summed E-state index contributed by atoms with van der Waals surface area (Å²) in [5, 5.41) is 0. The molecule has 0 bridgehead atoms. The predicted molar refractivity (Wildman–Crippen MR) is 66.7 cm³/mol. The fraction of sp³-hybridized carbons (Fsp3) is 0.733. The summed E-state index contributed by atoms with van der Waals surface area (Å²) in [7, 11) is 0. The van der Waals surface area contributed by atoms with Crippen LogP contribution in [0.2, 0.25) is 0 Å². The molecule has 0 nitrogen and oxygen atoms in total. The van der Waals surface area contributed by atoms with Crippen molar-refractivity contribution in [1.29, 1.82) is 0 Å². The second-order valence-corrected chi connectivity index (χ2v) is 5.79. The minimum absolute atomic E-state index is 0.799. The summed E-state index contributed by atoms with van der Waals surface area (Å²) in [5.74, 6) is 3.62. The number of allylic oxidation sites excluding steroid dienone is 3. The van der Waals surface area contributed by atoms with Crippen molar-refractivity contribution in [3.05, 3.63) is 23.8 Å². The molecule has 0 radical (unpaired) electrons. The normalized spacial score (nSPS) is 43.0. The van der Waals surface area contributed by atoms with Gasteiger partial charge in [0.2, 0.25) is 0 Å². The lowest BCUT2D eigenvalue weighted by Crippen LogP contribution is -2.25. The van der Waals surface area contributed by atoms with Crippen LogP contribution in [0.5, 0.6) is 0 Å². The monoisotopic (exact) mass is 204 g/mol. The van der Waals surface area contributed by atoms with E-state index in [1.54, 1.807) is 5.57 Å². The molecule has 0 aromatic carbocycles. The highest BCUT2D eigenvalue weighted by Gasteiger charge is 2.39. The number of fused-ring (bicyclic) bond motifs is 1. The van der Waals surface area contributed by atoms with Gasteiger partial charge in [-0.1, -0.05) is 37.6 Å². The summed E-state index contributed by atoms with van der Waals surface area (Å²) >= 11 is 0. The molecule has 2 aliphatic carbocycles. The van der Waals surface area contributed by atoms with Crippen LogP contribution in [-0.2, 0) is 0 Å². The topological polar surface area (TPSA) is 0 Å². The molecule has 0 amide bonds. The van der Waals surface area contributed by atoms with Crippen LogP contribution in [0.15, 0.2) is 23.8 Å². The van der Waals surface area contributed by atoms with Gasteiger partial charge >= 0.3 is 0 Å². The lowest BCUT2D eigenvalue weighted by Gasteiger charge is -2.35. The van der Waals surface area contributed by atoms with E-state index in [0.29, 0.717) is 0 Å². The maximum atomic E-state index is 4.04. The van der Waals surface area contributed by atoms with Crippen LogP contribution in [0, 0.1) is 23.7 Å². The Hall–Kier alpha value is -0.520. The third-order valence-electron chi connectivity index (χ3n) is 4.52. The van der Waals surface area contributed by atoms with Gasteiger partial charge in [-0.3, -0.25) is 0 Å². The Bertz CT molecular complexity index is 284. The molecular weight excluding hydrogens is 180 g/mol. The van der Waals surface area contributed by atoms with Crippen molar-refractivity contribution >= 4 is 0 Å². The van der Waals surface area contributed by atoms with E-state index in [2.05, 4.69) is 33.4 Å². The first-order valence-electron chi connectivity index (χ1n) is 6.46. The molecule has 2 fully saturated rings. The zero-order valence-corrected chi connectivity index (χ0v) is 10.4. The quantitative estimate of drug-likeness (QED) is 0.586. The van der Waals surface area contributed by atoms with Crippen molar-refractivity contribution in [2.75, 3.05) is 0 Å². The van der Waals surface area contributed by atoms with Crippen molar-refractivity contribution in [3.8, 4) is 0 Å². The molecule has 84 valence electrons. The smallest absolute Gasteiger partial charge is 0.0166 e. The highest BCUT2D eigenvalue weighted by Crippen LogP contribution is 2.50. The zero-order valence-electron chi connectivity index (χ0n) is 10.4. The van der Waals surface area contributed by atoms with Crippen molar-refractivity contribution in [3.63, 3.8) is 0 Å². The maximum absolute atomic E-state index is 4.04. The van der Waals surface area contributed by atoms with Crippen LogP contribution in [-0.4, -0.2) is 0 Å². The summed E-state index contributed by atoms with van der Waals surface area (Å²) < 4.78 is 0. The van der Waals surface area contributed by atoms with Crippen molar-refractivity contribution in [2.24, 2.45) is 23.7 Å². The van der Waals surface area contributed by atoms with Gasteiger partial charge in [0, 0.05) is 0 Å². The lowest BCUT2D eigenvalue weighted by molar-refractivity contribution is 0.259. The maximum Gasteiger partial charge on any atom is -0.0166 e. The summed E-state index contributed by atoms with van der Waals surface area (Å²) in [6.07, 6.45) is 8.09. The van der Waals surface area contributed by atoms with E-state index in [9.17, 15) is 0 Å².